The Hall–Kier alpha value is -0.370. The summed E-state index contributed by atoms with van der Waals surface area (Å²) in [6, 6.07) is 0. The van der Waals surface area contributed by atoms with Crippen LogP contribution in [0.25, 0.3) is 0 Å². The highest BCUT2D eigenvalue weighted by molar-refractivity contribution is 14.1. The van der Waals surface area contributed by atoms with Crippen LogP contribution in [0, 0.1) is 0 Å². The Morgan fingerprint density at radius 2 is 2.14 bits per heavy atom. The Morgan fingerprint density at radius 1 is 1.48 bits per heavy atom. The molecule has 1 saturated heterocycles. The fourth-order valence-electron chi connectivity index (χ4n) is 2.32. The molecule has 6 nitrogen and oxygen atoms in total. The number of aromatic amines is 2. The summed E-state index contributed by atoms with van der Waals surface area (Å²) in [6.07, 6.45) is 5.72. The minimum Gasteiger partial charge on any atom is -0.389 e. The van der Waals surface area contributed by atoms with Crippen LogP contribution < -0.4 is 11.2 Å². The van der Waals surface area contributed by atoms with Gasteiger partial charge in [-0.15, -0.1) is 13.2 Å². The first-order valence-corrected chi connectivity index (χ1v) is 11.0. The first-order valence-electron chi connectivity index (χ1n) is 6.66. The minimum atomic E-state index is -1.18. The lowest BCUT2D eigenvalue weighted by molar-refractivity contribution is 0.00779. The molecule has 0 saturated carbocycles. The summed E-state index contributed by atoms with van der Waals surface area (Å²) in [6.45, 7) is 3.10. The molecule has 1 fully saturated rings. The number of aromatic nitrogens is 2. The smallest absolute Gasteiger partial charge is 0.325 e. The van der Waals surface area contributed by atoms with E-state index in [-0.39, 0.29) is 10.0 Å². The minimum absolute atomic E-state index is 0.231. The van der Waals surface area contributed by atoms with Gasteiger partial charge in [0.1, 0.15) is 6.10 Å². The molecule has 0 amide bonds. The molecule has 0 bridgehead atoms. The average molecular weight is 426 g/mol. The molecule has 2 heterocycles. The lowest BCUT2D eigenvalue weighted by atomic mass is 10.1. The topological polar surface area (TPSA) is 95.2 Å². The first kappa shape index (κ1) is 17.0. The molecule has 21 heavy (non-hydrogen) atoms. The average Bonchev–Trinajstić information content (AvgIpc) is 2.64. The summed E-state index contributed by atoms with van der Waals surface area (Å²) in [7, 11) is 0. The van der Waals surface area contributed by atoms with Gasteiger partial charge in [0, 0.05) is 6.20 Å². The van der Waals surface area contributed by atoms with Crippen LogP contribution >= 0.6 is 29.5 Å². The summed E-state index contributed by atoms with van der Waals surface area (Å²) < 4.78 is 5.65. The van der Waals surface area contributed by atoms with Gasteiger partial charge in [-0.3, -0.25) is 9.78 Å². The van der Waals surface area contributed by atoms with Crippen molar-refractivity contribution in [1.82, 2.24) is 9.97 Å². The zero-order valence-electron chi connectivity index (χ0n) is 12.0. The number of hydrogen-bond acceptors (Lipinski definition) is 4. The van der Waals surface area contributed by atoms with Crippen molar-refractivity contribution in [2.24, 2.45) is 0 Å². The molecule has 0 aromatic carbocycles. The van der Waals surface area contributed by atoms with Gasteiger partial charge in [-0.1, -0.05) is 22.6 Å². The highest BCUT2D eigenvalue weighted by Gasteiger charge is 2.43. The fraction of sp³-hybridized carbons (Fsp3) is 0.615. The van der Waals surface area contributed by atoms with E-state index >= 15 is 0 Å². The predicted molar refractivity (Wildman–Crippen MR) is 94.5 cm³/mol. The van der Waals surface area contributed by atoms with Gasteiger partial charge in [0.05, 0.1) is 21.7 Å². The molecule has 0 aliphatic carbocycles. The molecule has 0 radical (unpaired) electrons. The second kappa shape index (κ2) is 6.40. The number of aliphatic hydroxyl groups is 1. The van der Waals surface area contributed by atoms with Crippen molar-refractivity contribution in [3.05, 3.63) is 32.6 Å². The Bertz CT molecular complexity index is 665. The first-order chi connectivity index (χ1) is 9.69. The van der Waals surface area contributed by atoms with E-state index in [2.05, 4.69) is 52.2 Å². The predicted octanol–water partition coefficient (Wildman–Crippen LogP) is 0.767. The summed E-state index contributed by atoms with van der Waals surface area (Å²) in [5, 5.41) is 10.3. The lowest BCUT2D eigenvalue weighted by Crippen LogP contribution is -2.30. The van der Waals surface area contributed by atoms with Gasteiger partial charge in [0.25, 0.3) is 5.56 Å². The molecule has 1 aromatic heterocycles. The van der Waals surface area contributed by atoms with Crippen LogP contribution in [-0.4, -0.2) is 57.0 Å². The summed E-state index contributed by atoms with van der Waals surface area (Å²) in [4.78, 5) is 27.6. The summed E-state index contributed by atoms with van der Waals surface area (Å²) in [5.74, 6) is 0. The largest absolute Gasteiger partial charge is 0.389 e. The van der Waals surface area contributed by atoms with Crippen molar-refractivity contribution in [2.45, 2.75) is 28.7 Å². The molecular formula is C13H20IN2O4P. The highest BCUT2D eigenvalue weighted by atomic mass is 127. The van der Waals surface area contributed by atoms with E-state index in [9.17, 15) is 14.7 Å². The number of rotatable bonds is 4. The molecule has 2 rings (SSSR count). The van der Waals surface area contributed by atoms with Gasteiger partial charge in [0.2, 0.25) is 0 Å². The Labute approximate surface area is 136 Å². The van der Waals surface area contributed by atoms with Crippen molar-refractivity contribution >= 4 is 35.8 Å². The number of alkyl halides is 1. The van der Waals surface area contributed by atoms with Gasteiger partial charge in [-0.25, -0.2) is 4.79 Å². The van der Waals surface area contributed by atoms with E-state index in [4.69, 9.17) is 4.74 Å². The van der Waals surface area contributed by atoms with Crippen LogP contribution in [0.5, 0.6) is 0 Å². The van der Waals surface area contributed by atoms with Crippen molar-refractivity contribution < 1.29 is 9.84 Å². The van der Waals surface area contributed by atoms with Crippen LogP contribution in [-0.2, 0) is 4.74 Å². The molecule has 3 N–H and O–H groups in total. The molecule has 4 atom stereocenters. The van der Waals surface area contributed by atoms with Crippen molar-refractivity contribution in [2.75, 3.05) is 19.5 Å². The van der Waals surface area contributed by atoms with E-state index < -0.39 is 30.3 Å². The van der Waals surface area contributed by atoms with Crippen LogP contribution in [0.4, 0.5) is 0 Å². The van der Waals surface area contributed by atoms with E-state index in [0.717, 1.165) is 12.6 Å². The normalized spacial score (nSPS) is 29.7. The highest BCUT2D eigenvalue weighted by Crippen LogP contribution is 2.42. The lowest BCUT2D eigenvalue weighted by Gasteiger charge is -2.18. The second-order valence-corrected chi connectivity index (χ2v) is 11.8. The number of aliphatic hydroxyl groups excluding tert-OH is 1. The third-order valence-corrected chi connectivity index (χ3v) is 6.35. The van der Waals surface area contributed by atoms with E-state index in [1.165, 1.54) is 6.20 Å². The van der Waals surface area contributed by atoms with E-state index in [1.807, 2.05) is 0 Å². The SMILES string of the molecule is C=P(C)(C)CC[C@H]1O[C@@H](c2c[nH]c(=O)[nH]c2=O)[C@H](I)[C@@H]1O. The molecule has 1 aromatic rings. The molecule has 0 spiro atoms. The number of nitrogens with one attached hydrogen (secondary N) is 2. The van der Waals surface area contributed by atoms with E-state index in [1.54, 1.807) is 0 Å². The summed E-state index contributed by atoms with van der Waals surface area (Å²) >= 11 is 2.10. The maximum Gasteiger partial charge on any atom is 0.325 e. The monoisotopic (exact) mass is 426 g/mol. The number of H-pyrrole nitrogens is 2. The molecule has 118 valence electrons. The van der Waals surface area contributed by atoms with Crippen LogP contribution in [0.15, 0.2) is 15.8 Å². The molecular weight excluding hydrogens is 406 g/mol. The van der Waals surface area contributed by atoms with Crippen LogP contribution in [0.3, 0.4) is 0 Å². The third kappa shape index (κ3) is 4.09. The second-order valence-electron chi connectivity index (χ2n) is 6.01. The third-order valence-electron chi connectivity index (χ3n) is 3.49. The van der Waals surface area contributed by atoms with Gasteiger partial charge >= 0.3 is 5.69 Å². The Morgan fingerprint density at radius 3 is 2.71 bits per heavy atom. The van der Waals surface area contributed by atoms with E-state index in [0.29, 0.717) is 5.56 Å². The Kier molecular flexibility index (Phi) is 5.18. The molecule has 8 heteroatoms. The standard InChI is InChI=1S/C13H20IN2O4P/c1-21(2,3)5-4-8-10(17)9(14)11(20-8)7-6-15-13(19)16-12(7)18/h6,8-11,17H,1,4-5H2,2-3H3,(H2,15,16,18,19)/t8-,9-,10-,11+/m1/s1. The van der Waals surface area contributed by atoms with Gasteiger partial charge in [0.15, 0.2) is 0 Å². The van der Waals surface area contributed by atoms with Crippen LogP contribution in [0.2, 0.25) is 0 Å². The zero-order chi connectivity index (χ0) is 15.8. The zero-order valence-corrected chi connectivity index (χ0v) is 15.1. The Balaban J connectivity index is 2.18. The summed E-state index contributed by atoms with van der Waals surface area (Å²) in [5.41, 5.74) is -0.671. The number of hydrogen-bond donors (Lipinski definition) is 3. The van der Waals surface area contributed by atoms with Crippen molar-refractivity contribution in [3.8, 4) is 0 Å². The van der Waals surface area contributed by atoms with Crippen LogP contribution in [0.1, 0.15) is 18.1 Å². The molecule has 1 aliphatic heterocycles. The van der Waals surface area contributed by atoms with Gasteiger partial charge in [-0.05, 0) is 25.9 Å². The van der Waals surface area contributed by atoms with Crippen molar-refractivity contribution in [3.63, 3.8) is 0 Å². The van der Waals surface area contributed by atoms with Crippen molar-refractivity contribution in [1.29, 1.82) is 0 Å². The number of ether oxygens (including phenoxy) is 1. The quantitative estimate of drug-likeness (QED) is 0.377. The molecule has 0 unspecified atom stereocenters. The fourth-order valence-corrected chi connectivity index (χ4v) is 4.29. The van der Waals surface area contributed by atoms with Gasteiger partial charge in [-0.2, -0.15) is 0 Å². The molecule has 1 aliphatic rings. The number of halogens is 1. The van der Waals surface area contributed by atoms with Gasteiger partial charge < -0.3 is 14.8 Å². The maximum absolute atomic E-state index is 11.9. The maximum atomic E-state index is 11.9.